The van der Waals surface area contributed by atoms with Crippen LogP contribution in [0.15, 0.2) is 52.3 Å². The van der Waals surface area contributed by atoms with Gasteiger partial charge < -0.3 is 10.1 Å². The van der Waals surface area contributed by atoms with Crippen LogP contribution in [0.5, 0.6) is 0 Å². The molecule has 2 aliphatic heterocycles. The Kier molecular flexibility index (Phi) is 6.39. The van der Waals surface area contributed by atoms with E-state index in [0.717, 1.165) is 16.2 Å². The van der Waals surface area contributed by atoms with E-state index in [4.69, 9.17) is 4.74 Å². The maximum absolute atomic E-state index is 13.7. The second-order valence-corrected chi connectivity index (χ2v) is 11.0. The molecule has 3 atom stereocenters. The lowest BCUT2D eigenvalue weighted by molar-refractivity contribution is -0.0440. The Labute approximate surface area is 186 Å². The molecule has 1 amide bonds. The van der Waals surface area contributed by atoms with Crippen molar-refractivity contribution in [3.63, 3.8) is 0 Å². The number of carbonyl (C=O) groups is 1. The van der Waals surface area contributed by atoms with Crippen molar-refractivity contribution >= 4 is 27.7 Å². The average molecular weight is 465 g/mol. The predicted octanol–water partition coefficient (Wildman–Crippen LogP) is 3.59. The standard InChI is InChI=1S/C22H25FN2O4S2/c1-14-12-25(13-15(2)29-14)31(27,28)18-5-3-4-16(10-18)22(26)24-20-8-9-30-21-7-6-17(23)11-19(20)21/h3-7,10-11,14-15,20H,8-9,12-13H2,1-2H3,(H,24,26)/t14-,15-,20-/m1/s1. The number of ether oxygens (including phenoxy) is 1. The van der Waals surface area contributed by atoms with Crippen LogP contribution in [0.3, 0.4) is 0 Å². The largest absolute Gasteiger partial charge is 0.373 e. The number of benzene rings is 2. The van der Waals surface area contributed by atoms with Crippen molar-refractivity contribution in [2.45, 2.75) is 48.3 Å². The molecule has 0 aliphatic carbocycles. The summed E-state index contributed by atoms with van der Waals surface area (Å²) < 4.78 is 47.1. The number of nitrogens with one attached hydrogen (secondary N) is 1. The van der Waals surface area contributed by atoms with Gasteiger partial charge in [0.2, 0.25) is 10.0 Å². The molecule has 4 rings (SSSR count). The summed E-state index contributed by atoms with van der Waals surface area (Å²) in [5, 5.41) is 2.94. The van der Waals surface area contributed by atoms with Gasteiger partial charge in [-0.05, 0) is 62.2 Å². The molecule has 0 saturated carbocycles. The molecular weight excluding hydrogens is 439 g/mol. The summed E-state index contributed by atoms with van der Waals surface area (Å²) in [6.07, 6.45) is 0.276. The van der Waals surface area contributed by atoms with Gasteiger partial charge in [0, 0.05) is 29.3 Å². The minimum atomic E-state index is -3.75. The van der Waals surface area contributed by atoms with E-state index in [1.54, 1.807) is 30.0 Å². The molecule has 0 spiro atoms. The van der Waals surface area contributed by atoms with Crippen LogP contribution in [0.2, 0.25) is 0 Å². The summed E-state index contributed by atoms with van der Waals surface area (Å²) in [6, 6.07) is 10.3. The number of halogens is 1. The van der Waals surface area contributed by atoms with Gasteiger partial charge in [0.1, 0.15) is 5.82 Å². The van der Waals surface area contributed by atoms with Gasteiger partial charge in [-0.1, -0.05) is 6.07 Å². The Balaban J connectivity index is 1.55. The van der Waals surface area contributed by atoms with Crippen molar-refractivity contribution < 1.29 is 22.3 Å². The first-order valence-corrected chi connectivity index (χ1v) is 12.7. The van der Waals surface area contributed by atoms with Gasteiger partial charge in [0.15, 0.2) is 0 Å². The molecule has 2 heterocycles. The number of hydrogen-bond acceptors (Lipinski definition) is 5. The Morgan fingerprint density at radius 3 is 2.65 bits per heavy atom. The number of rotatable bonds is 4. The van der Waals surface area contributed by atoms with E-state index in [9.17, 15) is 17.6 Å². The fourth-order valence-corrected chi connectivity index (χ4v) is 6.77. The molecule has 6 nitrogen and oxygen atoms in total. The number of hydrogen-bond donors (Lipinski definition) is 1. The molecule has 0 radical (unpaired) electrons. The van der Waals surface area contributed by atoms with Gasteiger partial charge >= 0.3 is 0 Å². The molecule has 1 fully saturated rings. The maximum Gasteiger partial charge on any atom is 0.251 e. The van der Waals surface area contributed by atoms with Gasteiger partial charge in [-0.15, -0.1) is 11.8 Å². The predicted molar refractivity (Wildman–Crippen MR) is 117 cm³/mol. The van der Waals surface area contributed by atoms with Crippen molar-refractivity contribution in [1.82, 2.24) is 9.62 Å². The zero-order valence-electron chi connectivity index (χ0n) is 17.4. The highest BCUT2D eigenvalue weighted by molar-refractivity contribution is 7.99. The van der Waals surface area contributed by atoms with E-state index >= 15 is 0 Å². The number of carbonyl (C=O) groups excluding carboxylic acids is 1. The molecule has 166 valence electrons. The molecular formula is C22H25FN2O4S2. The van der Waals surface area contributed by atoms with Crippen molar-refractivity contribution in [2.24, 2.45) is 0 Å². The van der Waals surface area contributed by atoms with Crippen LogP contribution in [0.1, 0.15) is 42.2 Å². The number of amides is 1. The van der Waals surface area contributed by atoms with Crippen LogP contribution in [0.4, 0.5) is 4.39 Å². The van der Waals surface area contributed by atoms with Crippen molar-refractivity contribution in [3.8, 4) is 0 Å². The summed E-state index contributed by atoms with van der Waals surface area (Å²) >= 11 is 1.63. The van der Waals surface area contributed by atoms with Crippen molar-refractivity contribution in [1.29, 1.82) is 0 Å². The molecule has 9 heteroatoms. The molecule has 0 bridgehead atoms. The smallest absolute Gasteiger partial charge is 0.251 e. The first-order valence-electron chi connectivity index (χ1n) is 10.2. The summed E-state index contributed by atoms with van der Waals surface area (Å²) in [4.78, 5) is 14.0. The first-order chi connectivity index (χ1) is 14.7. The fourth-order valence-electron chi connectivity index (χ4n) is 4.03. The summed E-state index contributed by atoms with van der Waals surface area (Å²) in [5.74, 6) is 0.0845. The van der Waals surface area contributed by atoms with E-state index in [-0.39, 0.29) is 53.5 Å². The molecule has 0 unspecified atom stereocenters. The number of nitrogens with zero attached hydrogens (tertiary/aromatic N) is 1. The third kappa shape index (κ3) is 4.79. The lowest BCUT2D eigenvalue weighted by Crippen LogP contribution is -2.48. The highest BCUT2D eigenvalue weighted by Gasteiger charge is 2.32. The molecule has 2 aromatic rings. The summed E-state index contributed by atoms with van der Waals surface area (Å²) in [7, 11) is -3.75. The monoisotopic (exact) mass is 464 g/mol. The van der Waals surface area contributed by atoms with Crippen molar-refractivity contribution in [3.05, 3.63) is 59.4 Å². The van der Waals surface area contributed by atoms with Crippen LogP contribution in [0.25, 0.3) is 0 Å². The Bertz CT molecular complexity index is 1080. The topological polar surface area (TPSA) is 75.7 Å². The van der Waals surface area contributed by atoms with E-state index < -0.39 is 10.0 Å². The summed E-state index contributed by atoms with van der Waals surface area (Å²) in [6.45, 7) is 4.22. The van der Waals surface area contributed by atoms with Gasteiger partial charge in [-0.3, -0.25) is 4.79 Å². The maximum atomic E-state index is 13.7. The van der Waals surface area contributed by atoms with Crippen LogP contribution in [0, 0.1) is 5.82 Å². The average Bonchev–Trinajstić information content (AvgIpc) is 2.73. The molecule has 1 saturated heterocycles. The Morgan fingerprint density at radius 1 is 1.16 bits per heavy atom. The Morgan fingerprint density at radius 2 is 1.90 bits per heavy atom. The molecule has 1 N–H and O–H groups in total. The third-order valence-electron chi connectivity index (χ3n) is 5.44. The minimum Gasteiger partial charge on any atom is -0.373 e. The van der Waals surface area contributed by atoms with Crippen LogP contribution in [-0.4, -0.2) is 49.7 Å². The lowest BCUT2D eigenvalue weighted by Gasteiger charge is -2.34. The lowest BCUT2D eigenvalue weighted by atomic mass is 10.0. The number of fused-ring (bicyclic) bond motifs is 1. The highest BCUT2D eigenvalue weighted by atomic mass is 32.2. The number of thioether (sulfide) groups is 1. The van der Waals surface area contributed by atoms with Crippen molar-refractivity contribution in [2.75, 3.05) is 18.8 Å². The normalized spacial score (nSPS) is 24.4. The highest BCUT2D eigenvalue weighted by Crippen LogP contribution is 2.36. The van der Waals surface area contributed by atoms with Crippen LogP contribution >= 0.6 is 11.8 Å². The van der Waals surface area contributed by atoms with E-state index in [2.05, 4.69) is 5.32 Å². The number of sulfonamides is 1. The second kappa shape index (κ2) is 8.90. The zero-order valence-corrected chi connectivity index (χ0v) is 19.0. The molecule has 31 heavy (non-hydrogen) atoms. The fraction of sp³-hybridized carbons (Fsp3) is 0.409. The summed E-state index contributed by atoms with van der Waals surface area (Å²) in [5.41, 5.74) is 1.01. The van der Waals surface area contributed by atoms with Crippen LogP contribution < -0.4 is 5.32 Å². The van der Waals surface area contributed by atoms with E-state index in [1.165, 1.54) is 28.6 Å². The third-order valence-corrected chi connectivity index (χ3v) is 8.39. The number of morpholine rings is 1. The SMILES string of the molecule is C[C@@H]1CN(S(=O)(=O)c2cccc(C(=O)N[C@@H]3CCSc4ccc(F)cc43)c2)C[C@@H](C)O1. The molecule has 2 aliphatic rings. The molecule has 2 aromatic carbocycles. The van der Waals surface area contributed by atoms with Crippen LogP contribution in [-0.2, 0) is 14.8 Å². The Hall–Kier alpha value is -1.94. The van der Waals surface area contributed by atoms with Gasteiger partial charge in [-0.25, -0.2) is 12.8 Å². The second-order valence-electron chi connectivity index (χ2n) is 7.95. The zero-order chi connectivity index (χ0) is 22.2. The minimum absolute atomic E-state index is 0.0760. The van der Waals surface area contributed by atoms with Gasteiger partial charge in [0.05, 0.1) is 23.1 Å². The first kappa shape index (κ1) is 22.3. The molecule has 0 aromatic heterocycles. The van der Waals surface area contributed by atoms with Gasteiger partial charge in [0.25, 0.3) is 5.91 Å². The van der Waals surface area contributed by atoms with E-state index in [0.29, 0.717) is 6.42 Å². The van der Waals surface area contributed by atoms with Gasteiger partial charge in [-0.2, -0.15) is 4.31 Å². The quantitative estimate of drug-likeness (QED) is 0.749. The van der Waals surface area contributed by atoms with E-state index in [1.807, 2.05) is 13.8 Å².